The lowest BCUT2D eigenvalue weighted by Gasteiger charge is -2.25. The molecule has 3 heterocycles. The van der Waals surface area contributed by atoms with Gasteiger partial charge in [0.15, 0.2) is 5.82 Å². The fraction of sp³-hybridized carbons (Fsp3) is 0.312. The van der Waals surface area contributed by atoms with Crippen molar-refractivity contribution in [3.05, 3.63) is 30.5 Å². The smallest absolute Gasteiger partial charge is 0.245 e. The fourth-order valence-electron chi connectivity index (χ4n) is 2.80. The summed E-state index contributed by atoms with van der Waals surface area (Å²) in [4.78, 5) is 11.2. The average Bonchev–Trinajstić information content (AvgIpc) is 3.11. The molecule has 0 radical (unpaired) electrons. The van der Waals surface area contributed by atoms with Gasteiger partial charge in [0.2, 0.25) is 5.95 Å². The molecule has 0 bridgehead atoms. The van der Waals surface area contributed by atoms with E-state index in [4.69, 9.17) is 9.47 Å². The summed E-state index contributed by atoms with van der Waals surface area (Å²) in [7, 11) is 1.65. The van der Waals surface area contributed by atoms with Crippen LogP contribution in [0.3, 0.4) is 0 Å². The number of hydrogen-bond acceptors (Lipinski definition) is 6. The third-order valence-corrected chi connectivity index (χ3v) is 3.98. The molecule has 3 aromatic rings. The number of nitrogens with zero attached hydrogens (tertiary/aromatic N) is 4. The lowest BCUT2D eigenvalue weighted by atomic mass is 10.1. The Kier molecular flexibility index (Phi) is 3.55. The minimum atomic E-state index is 0.705. The van der Waals surface area contributed by atoms with Crippen molar-refractivity contribution in [1.29, 1.82) is 0 Å². The molecule has 0 unspecified atom stereocenters. The molecule has 7 heteroatoms. The van der Waals surface area contributed by atoms with Crippen molar-refractivity contribution in [1.82, 2.24) is 20.2 Å². The zero-order chi connectivity index (χ0) is 15.6. The van der Waals surface area contributed by atoms with Crippen LogP contribution in [0, 0.1) is 0 Å². The molecule has 1 fully saturated rings. The van der Waals surface area contributed by atoms with Crippen LogP contribution in [0.1, 0.15) is 0 Å². The van der Waals surface area contributed by atoms with Crippen LogP contribution in [0.15, 0.2) is 30.5 Å². The number of anilines is 1. The van der Waals surface area contributed by atoms with Crippen molar-refractivity contribution in [3.63, 3.8) is 0 Å². The molecular formula is C16H17N5O2. The summed E-state index contributed by atoms with van der Waals surface area (Å²) in [6.45, 7) is 3.03. The van der Waals surface area contributed by atoms with Gasteiger partial charge in [-0.05, 0) is 18.2 Å². The van der Waals surface area contributed by atoms with Crippen LogP contribution in [0.25, 0.3) is 22.3 Å². The molecule has 23 heavy (non-hydrogen) atoms. The molecule has 0 aliphatic carbocycles. The Balaban J connectivity index is 1.76. The predicted molar refractivity (Wildman–Crippen MR) is 86.7 cm³/mol. The van der Waals surface area contributed by atoms with E-state index < -0.39 is 0 Å². The number of ether oxygens (including phenoxy) is 2. The number of methoxy groups -OCH3 is 1. The SMILES string of the molecule is COc1ccc(-c2nc(N3CCOCC3)n[nH]2)c2cccnc12. The number of fused-ring (bicyclic) bond motifs is 1. The summed E-state index contributed by atoms with van der Waals surface area (Å²) in [5.74, 6) is 2.18. The second-order valence-electron chi connectivity index (χ2n) is 5.30. The van der Waals surface area contributed by atoms with Gasteiger partial charge in [0.25, 0.3) is 0 Å². The normalized spacial score (nSPS) is 15.1. The van der Waals surface area contributed by atoms with Crippen LogP contribution >= 0.6 is 0 Å². The quantitative estimate of drug-likeness (QED) is 0.796. The molecule has 0 atom stereocenters. The van der Waals surface area contributed by atoms with E-state index in [1.807, 2.05) is 24.3 Å². The molecule has 0 amide bonds. The van der Waals surface area contributed by atoms with E-state index in [-0.39, 0.29) is 0 Å². The Morgan fingerprint density at radius 2 is 2.09 bits per heavy atom. The number of H-pyrrole nitrogens is 1. The van der Waals surface area contributed by atoms with Crippen molar-refractivity contribution in [2.75, 3.05) is 38.3 Å². The number of aromatic amines is 1. The van der Waals surface area contributed by atoms with Crippen LogP contribution in [0.4, 0.5) is 5.95 Å². The molecule has 1 aliphatic rings. The third-order valence-electron chi connectivity index (χ3n) is 3.98. The molecule has 1 aromatic carbocycles. The van der Waals surface area contributed by atoms with E-state index in [1.54, 1.807) is 13.3 Å². The Morgan fingerprint density at radius 3 is 2.91 bits per heavy atom. The monoisotopic (exact) mass is 311 g/mol. The number of hydrogen-bond donors (Lipinski definition) is 1. The first kappa shape index (κ1) is 14.0. The standard InChI is InChI=1S/C16H17N5O2/c1-22-13-5-4-12(11-3-2-6-17-14(11)13)15-18-16(20-19-15)21-7-9-23-10-8-21/h2-6H,7-10H2,1H3,(H,18,19,20). The van der Waals surface area contributed by atoms with Gasteiger partial charge in [-0.1, -0.05) is 6.07 Å². The van der Waals surface area contributed by atoms with Gasteiger partial charge in [-0.15, -0.1) is 5.10 Å². The highest BCUT2D eigenvalue weighted by atomic mass is 16.5. The van der Waals surface area contributed by atoms with Crippen LogP contribution < -0.4 is 9.64 Å². The van der Waals surface area contributed by atoms with Crippen molar-refractivity contribution in [2.45, 2.75) is 0 Å². The number of aromatic nitrogens is 4. The van der Waals surface area contributed by atoms with E-state index >= 15 is 0 Å². The Hall–Kier alpha value is -2.67. The van der Waals surface area contributed by atoms with Gasteiger partial charge in [-0.3, -0.25) is 10.1 Å². The van der Waals surface area contributed by atoms with Crippen molar-refractivity contribution >= 4 is 16.9 Å². The molecule has 4 rings (SSSR count). The summed E-state index contributed by atoms with van der Waals surface area (Å²) in [6.07, 6.45) is 1.76. The number of benzene rings is 1. The van der Waals surface area contributed by atoms with Gasteiger partial charge >= 0.3 is 0 Å². The van der Waals surface area contributed by atoms with E-state index in [0.29, 0.717) is 19.2 Å². The number of pyridine rings is 1. The van der Waals surface area contributed by atoms with Gasteiger partial charge in [0.1, 0.15) is 11.3 Å². The van der Waals surface area contributed by atoms with Gasteiger partial charge in [-0.2, -0.15) is 4.98 Å². The van der Waals surface area contributed by atoms with Gasteiger partial charge in [-0.25, -0.2) is 0 Å². The molecule has 1 aliphatic heterocycles. The first-order valence-corrected chi connectivity index (χ1v) is 7.54. The number of rotatable bonds is 3. The summed E-state index contributed by atoms with van der Waals surface area (Å²) in [5, 5.41) is 8.37. The summed E-state index contributed by atoms with van der Waals surface area (Å²) in [5.41, 5.74) is 1.78. The van der Waals surface area contributed by atoms with Gasteiger partial charge in [0.05, 0.1) is 20.3 Å². The maximum Gasteiger partial charge on any atom is 0.245 e. The highest BCUT2D eigenvalue weighted by molar-refractivity contribution is 5.96. The molecule has 118 valence electrons. The summed E-state index contributed by atoms with van der Waals surface area (Å²) < 4.78 is 10.8. The molecule has 7 nitrogen and oxygen atoms in total. The molecule has 0 saturated carbocycles. The molecule has 0 spiro atoms. The Morgan fingerprint density at radius 1 is 1.22 bits per heavy atom. The lowest BCUT2D eigenvalue weighted by Crippen LogP contribution is -2.36. The van der Waals surface area contributed by atoms with Crippen molar-refractivity contribution < 1.29 is 9.47 Å². The Bertz CT molecular complexity index is 826. The van der Waals surface area contributed by atoms with Crippen molar-refractivity contribution in [3.8, 4) is 17.1 Å². The largest absolute Gasteiger partial charge is 0.494 e. The molecule has 2 aromatic heterocycles. The predicted octanol–water partition coefficient (Wildman–Crippen LogP) is 1.87. The minimum Gasteiger partial charge on any atom is -0.494 e. The second-order valence-corrected chi connectivity index (χ2v) is 5.30. The maximum atomic E-state index is 5.39. The minimum absolute atomic E-state index is 0.705. The van der Waals surface area contributed by atoms with Crippen LogP contribution in [-0.2, 0) is 4.74 Å². The van der Waals surface area contributed by atoms with E-state index in [0.717, 1.165) is 41.1 Å². The third kappa shape index (κ3) is 2.49. The second kappa shape index (κ2) is 5.85. The van der Waals surface area contributed by atoms with Crippen LogP contribution in [-0.4, -0.2) is 53.6 Å². The molecule has 1 saturated heterocycles. The van der Waals surface area contributed by atoms with E-state index in [9.17, 15) is 0 Å². The topological polar surface area (TPSA) is 76.2 Å². The van der Waals surface area contributed by atoms with E-state index in [2.05, 4.69) is 25.1 Å². The molecule has 1 N–H and O–H groups in total. The number of nitrogens with one attached hydrogen (secondary N) is 1. The maximum absolute atomic E-state index is 5.39. The van der Waals surface area contributed by atoms with Crippen molar-refractivity contribution in [2.24, 2.45) is 0 Å². The summed E-state index contributed by atoms with van der Waals surface area (Å²) in [6, 6.07) is 7.80. The van der Waals surface area contributed by atoms with Gasteiger partial charge in [0, 0.05) is 30.2 Å². The van der Waals surface area contributed by atoms with Crippen LogP contribution in [0.5, 0.6) is 5.75 Å². The summed E-state index contributed by atoms with van der Waals surface area (Å²) >= 11 is 0. The Labute approximate surface area is 133 Å². The fourth-order valence-corrected chi connectivity index (χ4v) is 2.80. The highest BCUT2D eigenvalue weighted by Gasteiger charge is 2.17. The lowest BCUT2D eigenvalue weighted by molar-refractivity contribution is 0.122. The first-order valence-electron chi connectivity index (χ1n) is 7.54. The van der Waals surface area contributed by atoms with Crippen LogP contribution in [0.2, 0.25) is 0 Å². The zero-order valence-corrected chi connectivity index (χ0v) is 12.8. The highest BCUT2D eigenvalue weighted by Crippen LogP contribution is 2.31. The average molecular weight is 311 g/mol. The first-order chi connectivity index (χ1) is 11.4. The van der Waals surface area contributed by atoms with Gasteiger partial charge < -0.3 is 14.4 Å². The zero-order valence-electron chi connectivity index (χ0n) is 12.8. The van der Waals surface area contributed by atoms with E-state index in [1.165, 1.54) is 0 Å². The number of morpholine rings is 1. The molecular weight excluding hydrogens is 294 g/mol.